The highest BCUT2D eigenvalue weighted by molar-refractivity contribution is 6.31. The van der Waals surface area contributed by atoms with E-state index in [2.05, 4.69) is 0 Å². The lowest BCUT2D eigenvalue weighted by Gasteiger charge is -2.01. The third-order valence-electron chi connectivity index (χ3n) is 1.78. The van der Waals surface area contributed by atoms with E-state index in [-0.39, 0.29) is 17.8 Å². The van der Waals surface area contributed by atoms with Crippen LogP contribution in [0.2, 0.25) is 5.02 Å². The second-order valence-electron chi connectivity index (χ2n) is 2.93. The van der Waals surface area contributed by atoms with Crippen molar-refractivity contribution in [1.82, 2.24) is 0 Å². The zero-order valence-electron chi connectivity index (χ0n) is 7.61. The van der Waals surface area contributed by atoms with Gasteiger partial charge in [0.05, 0.1) is 0 Å². The summed E-state index contributed by atoms with van der Waals surface area (Å²) in [4.78, 5) is 11.3. The molecule has 76 valence electrons. The number of carbonyl (C=O) groups is 1. The van der Waals surface area contributed by atoms with E-state index in [1.54, 1.807) is 0 Å². The molecular weight excluding hydrogens is 210 g/mol. The first-order chi connectivity index (χ1) is 6.56. The van der Waals surface area contributed by atoms with Crippen LogP contribution >= 0.6 is 11.6 Å². The number of halogens is 3. The van der Waals surface area contributed by atoms with Crippen molar-refractivity contribution in [2.45, 2.75) is 19.8 Å². The van der Waals surface area contributed by atoms with Crippen LogP contribution in [-0.2, 0) is 0 Å². The number of carbonyl (C=O) groups excluding carboxylic acids is 1. The number of hydrogen-bond acceptors (Lipinski definition) is 1. The van der Waals surface area contributed by atoms with Crippen molar-refractivity contribution < 1.29 is 13.6 Å². The van der Waals surface area contributed by atoms with E-state index in [9.17, 15) is 13.6 Å². The van der Waals surface area contributed by atoms with Crippen LogP contribution in [-0.4, -0.2) is 5.78 Å². The van der Waals surface area contributed by atoms with Crippen molar-refractivity contribution in [3.05, 3.63) is 34.4 Å². The Morgan fingerprint density at radius 2 is 1.86 bits per heavy atom. The lowest BCUT2D eigenvalue weighted by atomic mass is 10.1. The zero-order chi connectivity index (χ0) is 10.7. The molecule has 1 aromatic rings. The Kier molecular flexibility index (Phi) is 3.58. The summed E-state index contributed by atoms with van der Waals surface area (Å²) in [5, 5.41) is -0.571. The van der Waals surface area contributed by atoms with Gasteiger partial charge in [-0.05, 0) is 18.6 Å². The molecule has 0 aromatic heterocycles. The van der Waals surface area contributed by atoms with E-state index in [4.69, 9.17) is 11.6 Å². The van der Waals surface area contributed by atoms with Gasteiger partial charge < -0.3 is 0 Å². The van der Waals surface area contributed by atoms with E-state index < -0.39 is 16.7 Å². The van der Waals surface area contributed by atoms with Crippen molar-refractivity contribution in [2.24, 2.45) is 0 Å². The molecule has 4 heteroatoms. The van der Waals surface area contributed by atoms with E-state index in [1.807, 2.05) is 6.92 Å². The van der Waals surface area contributed by atoms with Crippen molar-refractivity contribution in [1.29, 1.82) is 0 Å². The Bertz CT molecular complexity index is 340. The quantitative estimate of drug-likeness (QED) is 0.560. The van der Waals surface area contributed by atoms with Gasteiger partial charge in [-0.2, -0.15) is 0 Å². The SMILES string of the molecule is CCCC(=O)c1cc(F)c(Cl)c(F)c1. The van der Waals surface area contributed by atoms with Gasteiger partial charge in [-0.25, -0.2) is 8.78 Å². The third kappa shape index (κ3) is 2.29. The molecule has 0 saturated heterocycles. The van der Waals surface area contributed by atoms with Crippen LogP contribution in [0.15, 0.2) is 12.1 Å². The van der Waals surface area contributed by atoms with Gasteiger partial charge in [0.25, 0.3) is 0 Å². The normalized spacial score (nSPS) is 10.3. The van der Waals surface area contributed by atoms with E-state index in [0.717, 1.165) is 12.1 Å². The fraction of sp³-hybridized carbons (Fsp3) is 0.300. The first kappa shape index (κ1) is 11.1. The minimum atomic E-state index is -0.897. The molecule has 0 fully saturated rings. The predicted molar refractivity (Wildman–Crippen MR) is 50.6 cm³/mol. The smallest absolute Gasteiger partial charge is 0.163 e. The minimum Gasteiger partial charge on any atom is -0.294 e. The highest BCUT2D eigenvalue weighted by Crippen LogP contribution is 2.21. The number of rotatable bonds is 3. The number of ketones is 1. The molecule has 0 bridgehead atoms. The molecule has 1 aromatic carbocycles. The van der Waals surface area contributed by atoms with Gasteiger partial charge in [-0.15, -0.1) is 0 Å². The van der Waals surface area contributed by atoms with E-state index >= 15 is 0 Å². The molecular formula is C10H9ClF2O. The lowest BCUT2D eigenvalue weighted by Crippen LogP contribution is -2.00. The lowest BCUT2D eigenvalue weighted by molar-refractivity contribution is 0.0981. The zero-order valence-corrected chi connectivity index (χ0v) is 8.37. The molecule has 1 nitrogen and oxygen atoms in total. The maximum Gasteiger partial charge on any atom is 0.163 e. The molecule has 0 spiro atoms. The second-order valence-corrected chi connectivity index (χ2v) is 3.31. The number of benzene rings is 1. The Labute approximate surface area is 85.7 Å². The van der Waals surface area contributed by atoms with Crippen molar-refractivity contribution in [2.75, 3.05) is 0 Å². The largest absolute Gasteiger partial charge is 0.294 e. The molecule has 0 aliphatic rings. The number of hydrogen-bond donors (Lipinski definition) is 0. The molecule has 0 atom stereocenters. The molecule has 0 heterocycles. The van der Waals surface area contributed by atoms with Gasteiger partial charge >= 0.3 is 0 Å². The molecule has 0 amide bonds. The van der Waals surface area contributed by atoms with E-state index in [0.29, 0.717) is 6.42 Å². The summed E-state index contributed by atoms with van der Waals surface area (Å²) < 4.78 is 25.8. The van der Waals surface area contributed by atoms with Crippen molar-refractivity contribution >= 4 is 17.4 Å². The molecule has 0 aliphatic carbocycles. The molecule has 0 radical (unpaired) electrons. The molecule has 0 N–H and O–H groups in total. The van der Waals surface area contributed by atoms with Crippen LogP contribution in [0.5, 0.6) is 0 Å². The molecule has 14 heavy (non-hydrogen) atoms. The molecule has 0 aliphatic heterocycles. The first-order valence-corrected chi connectivity index (χ1v) is 4.61. The van der Waals surface area contributed by atoms with Gasteiger partial charge in [0.15, 0.2) is 5.78 Å². The van der Waals surface area contributed by atoms with Crippen molar-refractivity contribution in [3.63, 3.8) is 0 Å². The monoisotopic (exact) mass is 218 g/mol. The summed E-state index contributed by atoms with van der Waals surface area (Å²) in [6.07, 6.45) is 0.922. The van der Waals surface area contributed by atoms with Gasteiger partial charge in [0.1, 0.15) is 16.7 Å². The summed E-state index contributed by atoms with van der Waals surface area (Å²) in [6, 6.07) is 1.92. The first-order valence-electron chi connectivity index (χ1n) is 4.24. The highest BCUT2D eigenvalue weighted by atomic mass is 35.5. The number of Topliss-reactive ketones (excluding diaryl/α,β-unsaturated/α-hetero) is 1. The average molecular weight is 219 g/mol. The summed E-state index contributed by atoms with van der Waals surface area (Å²) in [6.45, 7) is 1.82. The van der Waals surface area contributed by atoms with Crippen LogP contribution in [0.25, 0.3) is 0 Å². The van der Waals surface area contributed by atoms with E-state index in [1.165, 1.54) is 0 Å². The maximum absolute atomic E-state index is 12.9. The van der Waals surface area contributed by atoms with Gasteiger partial charge in [-0.3, -0.25) is 4.79 Å². The average Bonchev–Trinajstić information content (AvgIpc) is 2.13. The molecule has 0 saturated carbocycles. The van der Waals surface area contributed by atoms with Crippen LogP contribution < -0.4 is 0 Å². The van der Waals surface area contributed by atoms with Gasteiger partial charge in [0.2, 0.25) is 0 Å². The molecule has 0 unspecified atom stereocenters. The Balaban J connectivity index is 3.06. The predicted octanol–water partition coefficient (Wildman–Crippen LogP) is 3.60. The summed E-state index contributed by atoms with van der Waals surface area (Å²) in [5.41, 5.74) is 0.0336. The fourth-order valence-corrected chi connectivity index (χ4v) is 1.20. The summed E-state index contributed by atoms with van der Waals surface area (Å²) in [5.74, 6) is -2.07. The van der Waals surface area contributed by atoms with Crippen molar-refractivity contribution in [3.8, 4) is 0 Å². The fourth-order valence-electron chi connectivity index (χ4n) is 1.09. The van der Waals surface area contributed by atoms with Crippen LogP contribution in [0.4, 0.5) is 8.78 Å². The minimum absolute atomic E-state index is 0.0336. The van der Waals surface area contributed by atoms with Crippen LogP contribution in [0.1, 0.15) is 30.1 Å². The standard InChI is InChI=1S/C10H9ClF2O/c1-2-3-9(14)6-4-7(12)10(11)8(13)5-6/h4-5H,2-3H2,1H3. The maximum atomic E-state index is 12.9. The third-order valence-corrected chi connectivity index (χ3v) is 2.14. The topological polar surface area (TPSA) is 17.1 Å². The Hall–Kier alpha value is -0.960. The van der Waals surface area contributed by atoms with Crippen LogP contribution in [0, 0.1) is 11.6 Å². The molecule has 1 rings (SSSR count). The highest BCUT2D eigenvalue weighted by Gasteiger charge is 2.12. The summed E-state index contributed by atoms with van der Waals surface area (Å²) in [7, 11) is 0. The summed E-state index contributed by atoms with van der Waals surface area (Å²) >= 11 is 5.27. The Morgan fingerprint density at radius 3 is 2.29 bits per heavy atom. The van der Waals surface area contributed by atoms with Gasteiger partial charge in [0, 0.05) is 12.0 Å². The van der Waals surface area contributed by atoms with Crippen LogP contribution in [0.3, 0.4) is 0 Å². The Morgan fingerprint density at radius 1 is 1.36 bits per heavy atom. The second kappa shape index (κ2) is 4.51. The van der Waals surface area contributed by atoms with Gasteiger partial charge in [-0.1, -0.05) is 18.5 Å².